The highest BCUT2D eigenvalue weighted by molar-refractivity contribution is 7.92. The lowest BCUT2D eigenvalue weighted by Crippen LogP contribution is -2.33. The molecule has 2 aromatic carbocycles. The third kappa shape index (κ3) is 4.20. The molecule has 2 heterocycles. The summed E-state index contributed by atoms with van der Waals surface area (Å²) < 4.78 is 41.7. The Morgan fingerprint density at radius 2 is 1.84 bits per heavy atom. The maximum Gasteiger partial charge on any atom is 0.333 e. The highest BCUT2D eigenvalue weighted by atomic mass is 32.2. The van der Waals surface area contributed by atoms with Gasteiger partial charge < -0.3 is 10.6 Å². The van der Waals surface area contributed by atoms with Gasteiger partial charge in [-0.05, 0) is 59.3 Å². The second-order valence-corrected chi connectivity index (χ2v) is 9.56. The molecule has 8 nitrogen and oxygen atoms in total. The molecule has 0 radical (unpaired) electrons. The van der Waals surface area contributed by atoms with Gasteiger partial charge in [0.2, 0.25) is 0 Å². The number of rotatable bonds is 5. The van der Waals surface area contributed by atoms with Crippen LogP contribution in [0.4, 0.5) is 20.6 Å². The zero-order valence-electron chi connectivity index (χ0n) is 16.6. The van der Waals surface area contributed by atoms with Gasteiger partial charge in [-0.2, -0.15) is 0 Å². The molecule has 0 saturated carbocycles. The van der Waals surface area contributed by atoms with Crippen molar-refractivity contribution in [2.45, 2.75) is 4.21 Å². The van der Waals surface area contributed by atoms with Crippen LogP contribution < -0.4 is 20.9 Å². The molecular formula is C21H17FN4O4S2. The van der Waals surface area contributed by atoms with E-state index in [1.54, 1.807) is 49.0 Å². The first-order chi connectivity index (χ1) is 15.3. The summed E-state index contributed by atoms with van der Waals surface area (Å²) in [5, 5.41) is 7.58. The number of fused-ring (bicyclic) bond motifs is 1. The maximum atomic E-state index is 14.1. The topological polar surface area (TPSA) is 109 Å². The van der Waals surface area contributed by atoms with E-state index in [-0.39, 0.29) is 9.60 Å². The molecule has 0 aliphatic carbocycles. The van der Waals surface area contributed by atoms with Crippen LogP contribution in [0.3, 0.4) is 0 Å². The summed E-state index contributed by atoms with van der Waals surface area (Å²) in [7, 11) is -2.35. The molecule has 164 valence electrons. The Kier molecular flexibility index (Phi) is 5.68. The van der Waals surface area contributed by atoms with E-state index >= 15 is 0 Å². The van der Waals surface area contributed by atoms with Gasteiger partial charge in [-0.3, -0.25) is 9.36 Å². The molecule has 2 amide bonds. The summed E-state index contributed by atoms with van der Waals surface area (Å²) in [4.78, 5) is 24.9. The van der Waals surface area contributed by atoms with Gasteiger partial charge in [-0.15, -0.1) is 11.3 Å². The minimum Gasteiger partial charge on any atom is -0.386 e. The molecule has 3 N–H and O–H groups in total. The van der Waals surface area contributed by atoms with Crippen molar-refractivity contribution in [3.05, 3.63) is 82.3 Å². The molecule has 0 aliphatic rings. The van der Waals surface area contributed by atoms with Crippen LogP contribution in [0.2, 0.25) is 0 Å². The van der Waals surface area contributed by atoms with Gasteiger partial charge in [-0.25, -0.2) is 22.3 Å². The van der Waals surface area contributed by atoms with Crippen LogP contribution in [0.5, 0.6) is 0 Å². The molecule has 2 aromatic heterocycles. The molecule has 0 aliphatic heterocycles. The lowest BCUT2D eigenvalue weighted by Gasteiger charge is -2.11. The van der Waals surface area contributed by atoms with Crippen molar-refractivity contribution < 1.29 is 17.6 Å². The molecule has 11 heteroatoms. The van der Waals surface area contributed by atoms with Crippen LogP contribution >= 0.6 is 11.3 Å². The summed E-state index contributed by atoms with van der Waals surface area (Å²) in [6.07, 6.45) is 1.57. The molecule has 0 atom stereocenters. The standard InChI is InChI=1S/C21H17FN4O4S2/c1-23-18-11-13-8-9-26(20(27)16(13)12-17(18)22)15-6-4-14(5-7-15)24-21(28)25-32(29,30)19-3-2-10-31-19/h2-12,23H,1H3,(H2,24,25,28). The molecule has 0 bridgehead atoms. The van der Waals surface area contributed by atoms with Crippen LogP contribution in [0, 0.1) is 5.82 Å². The van der Waals surface area contributed by atoms with Crippen LogP contribution in [-0.2, 0) is 10.0 Å². The first-order valence-electron chi connectivity index (χ1n) is 9.29. The number of benzene rings is 2. The summed E-state index contributed by atoms with van der Waals surface area (Å²) in [5.41, 5.74) is 0.715. The second-order valence-electron chi connectivity index (χ2n) is 6.70. The SMILES string of the molecule is CNc1cc2ccn(-c3ccc(NC(=O)NS(=O)(=O)c4cccs4)cc3)c(=O)c2cc1F. The lowest BCUT2D eigenvalue weighted by molar-refractivity contribution is 0.256. The van der Waals surface area contributed by atoms with Crippen molar-refractivity contribution in [2.24, 2.45) is 0 Å². The first-order valence-corrected chi connectivity index (χ1v) is 11.7. The molecule has 0 saturated heterocycles. The third-order valence-electron chi connectivity index (χ3n) is 4.65. The Balaban J connectivity index is 1.55. The number of pyridine rings is 1. The Hall–Kier alpha value is -3.70. The average molecular weight is 473 g/mol. The third-order valence-corrected chi connectivity index (χ3v) is 7.38. The number of hydrogen-bond donors (Lipinski definition) is 3. The van der Waals surface area contributed by atoms with E-state index in [4.69, 9.17) is 0 Å². The monoisotopic (exact) mass is 472 g/mol. The molecule has 0 spiro atoms. The fourth-order valence-electron chi connectivity index (χ4n) is 3.11. The van der Waals surface area contributed by atoms with E-state index in [1.165, 1.54) is 28.8 Å². The van der Waals surface area contributed by atoms with Gasteiger partial charge in [0, 0.05) is 24.6 Å². The smallest absolute Gasteiger partial charge is 0.333 e. The van der Waals surface area contributed by atoms with E-state index in [0.29, 0.717) is 22.4 Å². The molecule has 0 fully saturated rings. The van der Waals surface area contributed by atoms with Crippen molar-refractivity contribution in [3.63, 3.8) is 0 Å². The number of sulfonamides is 1. The number of aromatic nitrogens is 1. The second kappa shape index (κ2) is 8.44. The maximum absolute atomic E-state index is 14.1. The van der Waals surface area contributed by atoms with Crippen molar-refractivity contribution in [1.82, 2.24) is 9.29 Å². The van der Waals surface area contributed by atoms with Gasteiger partial charge in [0.25, 0.3) is 15.6 Å². The average Bonchev–Trinajstić information content (AvgIpc) is 3.30. The minimum atomic E-state index is -3.95. The molecule has 4 aromatic rings. The lowest BCUT2D eigenvalue weighted by atomic mass is 10.1. The number of anilines is 2. The van der Waals surface area contributed by atoms with Gasteiger partial charge in [0.1, 0.15) is 10.0 Å². The predicted molar refractivity (Wildman–Crippen MR) is 123 cm³/mol. The van der Waals surface area contributed by atoms with Crippen LogP contribution in [0.15, 0.2) is 75.2 Å². The van der Waals surface area contributed by atoms with Crippen molar-refractivity contribution in [3.8, 4) is 5.69 Å². The number of amides is 2. The Bertz CT molecular complexity index is 1460. The first kappa shape index (κ1) is 21.5. The summed E-state index contributed by atoms with van der Waals surface area (Å²) >= 11 is 0.993. The normalized spacial score (nSPS) is 11.3. The summed E-state index contributed by atoms with van der Waals surface area (Å²) in [6, 6.07) is 12.7. The van der Waals surface area contributed by atoms with E-state index < -0.39 is 27.4 Å². The van der Waals surface area contributed by atoms with Crippen molar-refractivity contribution in [2.75, 3.05) is 17.7 Å². The fourth-order valence-corrected chi connectivity index (χ4v) is 5.01. The minimum absolute atomic E-state index is 0.0250. The van der Waals surface area contributed by atoms with Crippen molar-refractivity contribution in [1.29, 1.82) is 0 Å². The van der Waals surface area contributed by atoms with E-state index in [2.05, 4.69) is 10.6 Å². The number of thiophene rings is 1. The highest BCUT2D eigenvalue weighted by Crippen LogP contribution is 2.21. The van der Waals surface area contributed by atoms with Crippen LogP contribution in [-0.4, -0.2) is 26.1 Å². The fraction of sp³-hybridized carbons (Fsp3) is 0.0476. The number of halogens is 1. The summed E-state index contributed by atoms with van der Waals surface area (Å²) in [6.45, 7) is 0. The molecular weight excluding hydrogens is 455 g/mol. The van der Waals surface area contributed by atoms with E-state index in [9.17, 15) is 22.4 Å². The highest BCUT2D eigenvalue weighted by Gasteiger charge is 2.18. The van der Waals surface area contributed by atoms with Gasteiger partial charge >= 0.3 is 6.03 Å². The van der Waals surface area contributed by atoms with Crippen LogP contribution in [0.25, 0.3) is 16.5 Å². The number of carbonyl (C=O) groups is 1. The number of carbonyl (C=O) groups excluding carboxylic acids is 1. The van der Waals surface area contributed by atoms with Crippen molar-refractivity contribution >= 4 is 49.5 Å². The number of nitrogens with zero attached hydrogens (tertiary/aromatic N) is 1. The largest absolute Gasteiger partial charge is 0.386 e. The van der Waals surface area contributed by atoms with Crippen LogP contribution in [0.1, 0.15) is 0 Å². The molecule has 0 unspecified atom stereocenters. The quantitative estimate of drug-likeness (QED) is 0.410. The van der Waals surface area contributed by atoms with Gasteiger partial charge in [0.05, 0.1) is 11.1 Å². The Morgan fingerprint density at radius 3 is 2.50 bits per heavy atom. The van der Waals surface area contributed by atoms with Gasteiger partial charge in [-0.1, -0.05) is 6.07 Å². The predicted octanol–water partition coefficient (Wildman–Crippen LogP) is 3.74. The number of urea groups is 1. The van der Waals surface area contributed by atoms with Gasteiger partial charge in [0.15, 0.2) is 0 Å². The van der Waals surface area contributed by atoms with E-state index in [1.807, 2.05) is 4.72 Å². The number of hydrogen-bond acceptors (Lipinski definition) is 6. The number of nitrogens with one attached hydrogen (secondary N) is 3. The van der Waals surface area contributed by atoms with E-state index in [0.717, 1.165) is 11.3 Å². The Labute approximate surface area is 186 Å². The Morgan fingerprint density at radius 1 is 1.09 bits per heavy atom. The molecule has 32 heavy (non-hydrogen) atoms. The zero-order valence-corrected chi connectivity index (χ0v) is 18.3. The molecule has 4 rings (SSSR count). The summed E-state index contributed by atoms with van der Waals surface area (Å²) in [5.74, 6) is -0.530. The zero-order chi connectivity index (χ0) is 22.9.